The number of rotatable bonds is 2. The van der Waals surface area contributed by atoms with Gasteiger partial charge in [0.2, 0.25) is 0 Å². The third kappa shape index (κ3) is 3.20. The molecule has 2 aromatic carbocycles. The van der Waals surface area contributed by atoms with Gasteiger partial charge in [-0.05, 0) is 60.7 Å². The summed E-state index contributed by atoms with van der Waals surface area (Å²) in [5.74, 6) is 0.639. The van der Waals surface area contributed by atoms with Crippen LogP contribution in [-0.2, 0) is 6.42 Å². The smallest absolute Gasteiger partial charge is 0.211 e. The van der Waals surface area contributed by atoms with E-state index in [1.54, 1.807) is 6.33 Å². The number of hydrogen-bond donors (Lipinski definition) is 0. The van der Waals surface area contributed by atoms with Crippen molar-refractivity contribution in [3.05, 3.63) is 80.6 Å². The third-order valence-corrected chi connectivity index (χ3v) is 6.09. The Kier molecular flexibility index (Phi) is 4.61. The summed E-state index contributed by atoms with van der Waals surface area (Å²) in [5, 5.41) is 4.45. The number of benzene rings is 2. The Hall–Kier alpha value is -2.31. The molecule has 2 aromatic heterocycles. The number of hydrogen-bond acceptors (Lipinski definition) is 3. The van der Waals surface area contributed by atoms with E-state index in [9.17, 15) is 0 Å². The predicted octanol–water partition coefficient (Wildman–Crippen LogP) is 6.19. The average molecular weight is 496 g/mol. The van der Waals surface area contributed by atoms with E-state index >= 15 is 0 Å². The van der Waals surface area contributed by atoms with Gasteiger partial charge in [0.05, 0.1) is 11.4 Å². The fourth-order valence-electron chi connectivity index (χ4n) is 3.76. The maximum Gasteiger partial charge on any atom is 0.253 e. The van der Waals surface area contributed by atoms with E-state index in [1.165, 1.54) is 16.7 Å². The Morgan fingerprint density at radius 3 is 2.36 bits per heavy atom. The minimum Gasteiger partial charge on any atom is -0.211 e. The molecule has 0 unspecified atom stereocenters. The Morgan fingerprint density at radius 2 is 1.61 bits per heavy atom. The minimum absolute atomic E-state index is 0.639. The Morgan fingerprint density at radius 1 is 0.893 bits per heavy atom. The van der Waals surface area contributed by atoms with Crippen LogP contribution in [0.4, 0.5) is 0 Å². The van der Waals surface area contributed by atoms with Crippen LogP contribution in [0.25, 0.3) is 28.7 Å². The number of fused-ring (bicyclic) bond motifs is 2. The second-order valence-electron chi connectivity index (χ2n) is 6.84. The van der Waals surface area contributed by atoms with Crippen molar-refractivity contribution in [1.29, 1.82) is 0 Å². The highest BCUT2D eigenvalue weighted by molar-refractivity contribution is 9.10. The van der Waals surface area contributed by atoms with Gasteiger partial charge >= 0.3 is 0 Å². The van der Waals surface area contributed by atoms with E-state index in [4.69, 9.17) is 4.98 Å². The number of halogens is 2. The van der Waals surface area contributed by atoms with E-state index in [-0.39, 0.29) is 0 Å². The van der Waals surface area contributed by atoms with E-state index in [0.29, 0.717) is 5.78 Å². The molecule has 0 aliphatic heterocycles. The van der Waals surface area contributed by atoms with Crippen LogP contribution in [0, 0.1) is 0 Å². The monoisotopic (exact) mass is 494 g/mol. The maximum atomic E-state index is 4.88. The summed E-state index contributed by atoms with van der Waals surface area (Å²) in [4.78, 5) is 9.26. The normalized spacial score (nSPS) is 15.1. The van der Waals surface area contributed by atoms with Gasteiger partial charge in [0.15, 0.2) is 0 Å². The van der Waals surface area contributed by atoms with Crippen molar-refractivity contribution in [2.75, 3.05) is 0 Å². The molecule has 0 saturated carbocycles. The van der Waals surface area contributed by atoms with Gasteiger partial charge in [-0.1, -0.05) is 56.1 Å². The minimum atomic E-state index is 0.639. The molecule has 2 heterocycles. The lowest BCUT2D eigenvalue weighted by atomic mass is 9.87. The fourth-order valence-corrected chi connectivity index (χ4v) is 4.29. The molecule has 0 spiro atoms. The average Bonchev–Trinajstić information content (AvgIpc) is 3.17. The molecule has 1 aliphatic rings. The summed E-state index contributed by atoms with van der Waals surface area (Å²) >= 11 is 7.03. The van der Waals surface area contributed by atoms with E-state index in [2.05, 4.69) is 96.5 Å². The van der Waals surface area contributed by atoms with Gasteiger partial charge in [-0.3, -0.25) is 0 Å². The molecule has 4 nitrogen and oxygen atoms in total. The quantitative estimate of drug-likeness (QED) is 0.333. The molecule has 0 radical (unpaired) electrons. The van der Waals surface area contributed by atoms with Crippen molar-refractivity contribution in [2.45, 2.75) is 19.3 Å². The molecule has 4 aromatic rings. The van der Waals surface area contributed by atoms with Crippen molar-refractivity contribution in [2.24, 2.45) is 0 Å². The molecule has 0 atom stereocenters. The second-order valence-corrected chi connectivity index (χ2v) is 8.67. The highest BCUT2D eigenvalue weighted by Crippen LogP contribution is 2.37. The van der Waals surface area contributed by atoms with Crippen LogP contribution in [0.5, 0.6) is 0 Å². The highest BCUT2D eigenvalue weighted by atomic mass is 79.9. The van der Waals surface area contributed by atoms with Gasteiger partial charge in [-0.15, -0.1) is 0 Å². The molecule has 5 rings (SSSR count). The van der Waals surface area contributed by atoms with Crippen LogP contribution in [0.2, 0.25) is 0 Å². The molecule has 0 N–H and O–H groups in total. The first-order valence-corrected chi connectivity index (χ1v) is 10.7. The molecule has 0 fully saturated rings. The molecule has 0 saturated heterocycles. The fraction of sp³-hybridized carbons (Fsp3) is 0.136. The summed E-state index contributed by atoms with van der Waals surface area (Å²) < 4.78 is 4.01. The van der Waals surface area contributed by atoms with E-state index < -0.39 is 0 Å². The Labute approximate surface area is 179 Å². The summed E-state index contributed by atoms with van der Waals surface area (Å²) in [6, 6.07) is 16.7. The first-order chi connectivity index (χ1) is 13.7. The van der Waals surface area contributed by atoms with Crippen molar-refractivity contribution in [1.82, 2.24) is 19.6 Å². The zero-order valence-corrected chi connectivity index (χ0v) is 18.1. The standard InChI is InChI=1S/C22H16Br2N4/c23-17-8-4-14(5-9-17)12-16-2-1-3-19-20(16)27-22-25-13-26-28(22)21(19)15-6-10-18(24)11-7-15/h4-13H,1-3H2. The maximum absolute atomic E-state index is 4.88. The Balaban J connectivity index is 1.73. The largest absolute Gasteiger partial charge is 0.253 e. The molecule has 1 aliphatic carbocycles. The molecular formula is C22H16Br2N4. The SMILES string of the molecule is Brc1ccc(C=C2CCCc3c2nc2ncnn2c3-c2ccc(Br)cc2)cc1. The van der Waals surface area contributed by atoms with Crippen molar-refractivity contribution in [3.8, 4) is 11.3 Å². The zero-order chi connectivity index (χ0) is 19.1. The molecule has 6 heteroatoms. The first-order valence-electron chi connectivity index (χ1n) is 9.14. The summed E-state index contributed by atoms with van der Waals surface area (Å²) in [6.07, 6.45) is 6.92. The van der Waals surface area contributed by atoms with Crippen LogP contribution in [0.3, 0.4) is 0 Å². The summed E-state index contributed by atoms with van der Waals surface area (Å²) in [6.45, 7) is 0. The van der Waals surface area contributed by atoms with Crippen LogP contribution >= 0.6 is 31.9 Å². The molecular weight excluding hydrogens is 480 g/mol. The highest BCUT2D eigenvalue weighted by Gasteiger charge is 2.23. The lowest BCUT2D eigenvalue weighted by molar-refractivity contribution is 0.792. The molecule has 0 bridgehead atoms. The number of nitrogens with zero attached hydrogens (tertiary/aromatic N) is 4. The van der Waals surface area contributed by atoms with Crippen LogP contribution in [-0.4, -0.2) is 19.6 Å². The molecule has 0 amide bonds. The van der Waals surface area contributed by atoms with Crippen LogP contribution in [0.15, 0.2) is 63.8 Å². The van der Waals surface area contributed by atoms with E-state index in [0.717, 1.165) is 45.2 Å². The topological polar surface area (TPSA) is 43.1 Å². The van der Waals surface area contributed by atoms with Gasteiger partial charge < -0.3 is 0 Å². The zero-order valence-electron chi connectivity index (χ0n) is 14.9. The van der Waals surface area contributed by atoms with Gasteiger partial charge in [0, 0.05) is 20.1 Å². The summed E-state index contributed by atoms with van der Waals surface area (Å²) in [7, 11) is 0. The van der Waals surface area contributed by atoms with Gasteiger partial charge in [-0.2, -0.15) is 14.6 Å². The molecule has 28 heavy (non-hydrogen) atoms. The lowest BCUT2D eigenvalue weighted by Crippen LogP contribution is -2.11. The third-order valence-electron chi connectivity index (χ3n) is 5.03. The second kappa shape index (κ2) is 7.26. The van der Waals surface area contributed by atoms with Gasteiger partial charge in [0.25, 0.3) is 5.78 Å². The van der Waals surface area contributed by atoms with Gasteiger partial charge in [-0.25, -0.2) is 4.98 Å². The van der Waals surface area contributed by atoms with Crippen molar-refractivity contribution < 1.29 is 0 Å². The number of allylic oxidation sites excluding steroid dienone is 1. The Bertz CT molecular complexity index is 1190. The number of aromatic nitrogens is 4. The van der Waals surface area contributed by atoms with Gasteiger partial charge in [0.1, 0.15) is 6.33 Å². The summed E-state index contributed by atoms with van der Waals surface area (Å²) in [5.41, 5.74) is 6.95. The predicted molar refractivity (Wildman–Crippen MR) is 119 cm³/mol. The van der Waals surface area contributed by atoms with Crippen molar-refractivity contribution >= 4 is 49.3 Å². The lowest BCUT2D eigenvalue weighted by Gasteiger charge is -2.22. The van der Waals surface area contributed by atoms with Crippen LogP contribution < -0.4 is 0 Å². The first kappa shape index (κ1) is 17.8. The molecule has 138 valence electrons. The van der Waals surface area contributed by atoms with Crippen molar-refractivity contribution in [3.63, 3.8) is 0 Å². The van der Waals surface area contributed by atoms with Crippen LogP contribution in [0.1, 0.15) is 29.7 Å². The van der Waals surface area contributed by atoms with E-state index in [1.807, 2.05) is 4.52 Å².